The van der Waals surface area contributed by atoms with E-state index in [-0.39, 0.29) is 11.9 Å². The molecule has 102 valence electrons. The second-order valence-corrected chi connectivity index (χ2v) is 4.93. The van der Waals surface area contributed by atoms with Gasteiger partial charge < -0.3 is 4.74 Å². The number of carbonyl (C=O) groups is 1. The molecule has 0 amide bonds. The van der Waals surface area contributed by atoms with Gasteiger partial charge in [-0.1, -0.05) is 6.08 Å². The number of rotatable bonds is 3. The van der Waals surface area contributed by atoms with Crippen LogP contribution in [0.2, 0.25) is 0 Å². The van der Waals surface area contributed by atoms with Gasteiger partial charge in [0.05, 0.1) is 12.5 Å². The Morgan fingerprint density at radius 3 is 2.58 bits per heavy atom. The molecule has 4 heteroatoms. The first-order valence-corrected chi connectivity index (χ1v) is 6.78. The Hall–Kier alpha value is -1.71. The Morgan fingerprint density at radius 1 is 1.37 bits per heavy atom. The summed E-state index contributed by atoms with van der Waals surface area (Å²) >= 11 is 0. The molecule has 0 N–H and O–H groups in total. The van der Waals surface area contributed by atoms with Gasteiger partial charge in [-0.3, -0.25) is 4.79 Å². The average Bonchev–Trinajstić information content (AvgIpc) is 2.38. The van der Waals surface area contributed by atoms with Crippen LogP contribution in [-0.2, 0) is 9.53 Å². The lowest BCUT2D eigenvalue weighted by Gasteiger charge is -2.20. The van der Waals surface area contributed by atoms with E-state index in [0.717, 1.165) is 42.0 Å². The van der Waals surface area contributed by atoms with E-state index in [1.54, 1.807) is 0 Å². The van der Waals surface area contributed by atoms with E-state index in [0.29, 0.717) is 6.61 Å². The summed E-state index contributed by atoms with van der Waals surface area (Å²) in [6, 6.07) is 1.97. The minimum absolute atomic E-state index is 0.00499. The summed E-state index contributed by atoms with van der Waals surface area (Å²) in [5.74, 6) is 0.716. The molecule has 19 heavy (non-hydrogen) atoms. The molecule has 2 rings (SSSR count). The fourth-order valence-electron chi connectivity index (χ4n) is 2.38. The maximum absolute atomic E-state index is 11.7. The predicted octanol–water partition coefficient (Wildman–Crippen LogP) is 2.84. The van der Waals surface area contributed by atoms with Crippen molar-refractivity contribution in [1.29, 1.82) is 0 Å². The number of carbonyl (C=O) groups excluding carboxylic acids is 1. The predicted molar refractivity (Wildman–Crippen MR) is 73.5 cm³/mol. The summed E-state index contributed by atoms with van der Waals surface area (Å²) < 4.78 is 5.06. The van der Waals surface area contributed by atoms with Crippen molar-refractivity contribution < 1.29 is 9.53 Å². The third kappa shape index (κ3) is 3.40. The van der Waals surface area contributed by atoms with Crippen LogP contribution in [0.4, 0.5) is 0 Å². The van der Waals surface area contributed by atoms with Crippen molar-refractivity contribution in [3.63, 3.8) is 0 Å². The second kappa shape index (κ2) is 5.95. The Morgan fingerprint density at radius 2 is 2.05 bits per heavy atom. The van der Waals surface area contributed by atoms with Gasteiger partial charge in [0.25, 0.3) is 0 Å². The monoisotopic (exact) mass is 260 g/mol. The van der Waals surface area contributed by atoms with Crippen LogP contribution in [0.1, 0.15) is 43.4 Å². The number of ether oxygens (including phenoxy) is 1. The van der Waals surface area contributed by atoms with Gasteiger partial charge in [-0.15, -0.1) is 0 Å². The molecule has 0 spiro atoms. The normalized spacial score (nSPS) is 18.9. The Kier molecular flexibility index (Phi) is 4.30. The molecule has 1 aromatic rings. The standard InChI is InChI=1S/C15H20N2O2/c1-4-19-15(18)13-7-5-12(6-8-13)14-16-10(2)9-11(3)17-14/h5,9,13H,4,6-8H2,1-3H3. The van der Waals surface area contributed by atoms with E-state index in [4.69, 9.17) is 4.74 Å². The summed E-state index contributed by atoms with van der Waals surface area (Å²) in [5.41, 5.74) is 3.11. The molecule has 4 nitrogen and oxygen atoms in total. The first-order chi connectivity index (χ1) is 9.10. The first-order valence-electron chi connectivity index (χ1n) is 6.78. The number of hydrogen-bond acceptors (Lipinski definition) is 4. The van der Waals surface area contributed by atoms with Gasteiger partial charge in [0, 0.05) is 11.4 Å². The smallest absolute Gasteiger partial charge is 0.309 e. The highest BCUT2D eigenvalue weighted by atomic mass is 16.5. The highest BCUT2D eigenvalue weighted by Crippen LogP contribution is 2.29. The van der Waals surface area contributed by atoms with E-state index >= 15 is 0 Å². The largest absolute Gasteiger partial charge is 0.466 e. The highest BCUT2D eigenvalue weighted by molar-refractivity contribution is 5.74. The van der Waals surface area contributed by atoms with Gasteiger partial charge in [0.15, 0.2) is 5.82 Å². The molecule has 1 atom stereocenters. The van der Waals surface area contributed by atoms with Crippen molar-refractivity contribution in [3.05, 3.63) is 29.4 Å². The van der Waals surface area contributed by atoms with Crippen molar-refractivity contribution in [2.24, 2.45) is 5.92 Å². The number of esters is 1. The maximum Gasteiger partial charge on any atom is 0.309 e. The van der Waals surface area contributed by atoms with Gasteiger partial charge in [-0.25, -0.2) is 9.97 Å². The van der Waals surface area contributed by atoms with Crippen LogP contribution in [0.3, 0.4) is 0 Å². The molecule has 0 aromatic carbocycles. The number of hydrogen-bond donors (Lipinski definition) is 0. The lowest BCUT2D eigenvalue weighted by atomic mass is 9.89. The summed E-state index contributed by atoms with van der Waals surface area (Å²) in [5, 5.41) is 0. The van der Waals surface area contributed by atoms with E-state index in [2.05, 4.69) is 16.0 Å². The first kappa shape index (κ1) is 13.7. The molecule has 0 fully saturated rings. The molecule has 0 saturated carbocycles. The molecule has 1 aliphatic rings. The van der Waals surface area contributed by atoms with E-state index < -0.39 is 0 Å². The number of nitrogens with zero attached hydrogens (tertiary/aromatic N) is 2. The third-order valence-electron chi connectivity index (χ3n) is 3.30. The fourth-order valence-corrected chi connectivity index (χ4v) is 2.38. The molecule has 1 unspecified atom stereocenters. The Labute approximate surface area is 113 Å². The molecular weight excluding hydrogens is 240 g/mol. The molecule has 0 saturated heterocycles. The zero-order valence-corrected chi connectivity index (χ0v) is 11.8. The minimum Gasteiger partial charge on any atom is -0.466 e. The van der Waals surface area contributed by atoms with Gasteiger partial charge in [0.1, 0.15) is 0 Å². The van der Waals surface area contributed by atoms with Crippen molar-refractivity contribution >= 4 is 11.5 Å². The summed E-state index contributed by atoms with van der Waals surface area (Å²) in [6.45, 7) is 6.24. The minimum atomic E-state index is -0.0841. The number of aromatic nitrogens is 2. The number of allylic oxidation sites excluding steroid dienone is 2. The van der Waals surface area contributed by atoms with Crippen LogP contribution < -0.4 is 0 Å². The van der Waals surface area contributed by atoms with Crippen LogP contribution in [0.15, 0.2) is 12.1 Å². The van der Waals surface area contributed by atoms with Gasteiger partial charge >= 0.3 is 5.97 Å². The molecule has 1 aliphatic carbocycles. The molecule has 1 heterocycles. The molecule has 0 aliphatic heterocycles. The van der Waals surface area contributed by atoms with Crippen LogP contribution in [0.25, 0.3) is 5.57 Å². The molecule has 0 bridgehead atoms. The zero-order chi connectivity index (χ0) is 13.8. The van der Waals surface area contributed by atoms with Crippen LogP contribution in [0.5, 0.6) is 0 Å². The van der Waals surface area contributed by atoms with Crippen LogP contribution in [0, 0.1) is 19.8 Å². The SMILES string of the molecule is CCOC(=O)C1CC=C(c2nc(C)cc(C)n2)CC1. The molecular formula is C15H20N2O2. The van der Waals surface area contributed by atoms with E-state index in [1.807, 2.05) is 26.8 Å². The van der Waals surface area contributed by atoms with Gasteiger partial charge in [-0.2, -0.15) is 0 Å². The molecule has 1 aromatic heterocycles. The summed E-state index contributed by atoms with van der Waals surface area (Å²) in [7, 11) is 0. The average molecular weight is 260 g/mol. The van der Waals surface area contributed by atoms with Crippen molar-refractivity contribution in [3.8, 4) is 0 Å². The Balaban J connectivity index is 2.10. The fraction of sp³-hybridized carbons (Fsp3) is 0.533. The van der Waals surface area contributed by atoms with Crippen LogP contribution in [-0.4, -0.2) is 22.5 Å². The third-order valence-corrected chi connectivity index (χ3v) is 3.30. The van der Waals surface area contributed by atoms with Gasteiger partial charge in [-0.05, 0) is 51.7 Å². The zero-order valence-electron chi connectivity index (χ0n) is 11.8. The summed E-state index contributed by atoms with van der Waals surface area (Å²) in [4.78, 5) is 20.6. The van der Waals surface area contributed by atoms with Gasteiger partial charge in [0.2, 0.25) is 0 Å². The lowest BCUT2D eigenvalue weighted by molar-refractivity contribution is -0.148. The van der Waals surface area contributed by atoms with E-state index in [9.17, 15) is 4.79 Å². The second-order valence-electron chi connectivity index (χ2n) is 4.93. The quantitative estimate of drug-likeness (QED) is 0.784. The maximum atomic E-state index is 11.7. The molecule has 0 radical (unpaired) electrons. The van der Waals surface area contributed by atoms with E-state index in [1.165, 1.54) is 0 Å². The summed E-state index contributed by atoms with van der Waals surface area (Å²) in [6.07, 6.45) is 4.47. The van der Waals surface area contributed by atoms with Crippen LogP contribution >= 0.6 is 0 Å². The lowest BCUT2D eigenvalue weighted by Crippen LogP contribution is -2.20. The highest BCUT2D eigenvalue weighted by Gasteiger charge is 2.23. The van der Waals surface area contributed by atoms with Crippen molar-refractivity contribution in [2.45, 2.75) is 40.0 Å². The topological polar surface area (TPSA) is 52.1 Å². The van der Waals surface area contributed by atoms with Crippen molar-refractivity contribution in [1.82, 2.24) is 9.97 Å². The Bertz CT molecular complexity index is 489. The van der Waals surface area contributed by atoms with Crippen molar-refractivity contribution in [2.75, 3.05) is 6.61 Å². The number of aryl methyl sites for hydroxylation is 2.